The molecule has 1 aromatic carbocycles. The summed E-state index contributed by atoms with van der Waals surface area (Å²) in [5.41, 5.74) is 1.10. The summed E-state index contributed by atoms with van der Waals surface area (Å²) >= 11 is -1.52. The van der Waals surface area contributed by atoms with Gasteiger partial charge in [-0.2, -0.15) is 0 Å². The number of nitrogens with one attached hydrogen (secondary N) is 1. The molecule has 0 bridgehead atoms. The molecule has 0 spiro atoms. The SMILES string of the molecule is Cc1ccc(S(=O)OCC2CNC(=O)O2)cc1. The first-order chi connectivity index (χ1) is 8.15. The number of benzene rings is 1. The molecule has 0 aromatic heterocycles. The fourth-order valence-electron chi connectivity index (χ4n) is 1.38. The first-order valence-electron chi connectivity index (χ1n) is 5.21. The predicted octanol–water partition coefficient (Wildman–Crippen LogP) is 1.14. The monoisotopic (exact) mass is 255 g/mol. The van der Waals surface area contributed by atoms with E-state index >= 15 is 0 Å². The van der Waals surface area contributed by atoms with Gasteiger partial charge in [0.1, 0.15) is 12.7 Å². The smallest absolute Gasteiger partial charge is 0.407 e. The van der Waals surface area contributed by atoms with E-state index in [1.54, 1.807) is 12.1 Å². The second kappa shape index (κ2) is 5.29. The van der Waals surface area contributed by atoms with Crippen LogP contribution >= 0.6 is 0 Å². The summed E-state index contributed by atoms with van der Waals surface area (Å²) in [5, 5.41) is 2.50. The average molecular weight is 255 g/mol. The quantitative estimate of drug-likeness (QED) is 0.876. The molecule has 1 amide bonds. The molecule has 0 saturated carbocycles. The van der Waals surface area contributed by atoms with Crippen LogP contribution in [0.5, 0.6) is 0 Å². The van der Waals surface area contributed by atoms with Crippen LogP contribution in [0.15, 0.2) is 29.2 Å². The Labute approximate surface area is 102 Å². The lowest BCUT2D eigenvalue weighted by Gasteiger charge is -2.07. The van der Waals surface area contributed by atoms with Crippen molar-refractivity contribution in [2.75, 3.05) is 13.2 Å². The van der Waals surface area contributed by atoms with Crippen LogP contribution in [-0.4, -0.2) is 29.6 Å². The lowest BCUT2D eigenvalue weighted by Crippen LogP contribution is -2.20. The van der Waals surface area contributed by atoms with Gasteiger partial charge >= 0.3 is 6.09 Å². The molecule has 0 aliphatic carbocycles. The molecular weight excluding hydrogens is 242 g/mol. The van der Waals surface area contributed by atoms with Gasteiger partial charge in [0.2, 0.25) is 0 Å². The molecule has 1 aromatic rings. The van der Waals surface area contributed by atoms with Crippen LogP contribution in [0.2, 0.25) is 0 Å². The third-order valence-corrected chi connectivity index (χ3v) is 3.33. The first-order valence-corrected chi connectivity index (χ1v) is 6.29. The molecule has 2 atom stereocenters. The molecule has 92 valence electrons. The third-order valence-electron chi connectivity index (χ3n) is 2.32. The van der Waals surface area contributed by atoms with Gasteiger partial charge in [-0.1, -0.05) is 17.7 Å². The van der Waals surface area contributed by atoms with Gasteiger partial charge in [-0.15, -0.1) is 0 Å². The van der Waals surface area contributed by atoms with E-state index in [4.69, 9.17) is 8.92 Å². The number of ether oxygens (including phenoxy) is 1. The highest BCUT2D eigenvalue weighted by molar-refractivity contribution is 7.80. The van der Waals surface area contributed by atoms with E-state index in [1.165, 1.54) is 0 Å². The van der Waals surface area contributed by atoms with E-state index in [0.717, 1.165) is 5.56 Å². The zero-order chi connectivity index (χ0) is 12.3. The van der Waals surface area contributed by atoms with Gasteiger partial charge in [0.05, 0.1) is 11.4 Å². The van der Waals surface area contributed by atoms with Gasteiger partial charge in [-0.05, 0) is 19.1 Å². The van der Waals surface area contributed by atoms with Gasteiger partial charge in [-0.3, -0.25) is 4.18 Å². The number of alkyl carbamates (subject to hydrolysis) is 1. The van der Waals surface area contributed by atoms with Crippen molar-refractivity contribution < 1.29 is 17.9 Å². The summed E-state index contributed by atoms with van der Waals surface area (Å²) in [4.78, 5) is 11.3. The topological polar surface area (TPSA) is 64.6 Å². The van der Waals surface area contributed by atoms with Gasteiger partial charge < -0.3 is 10.1 Å². The Kier molecular flexibility index (Phi) is 3.75. The van der Waals surface area contributed by atoms with Gasteiger partial charge in [-0.25, -0.2) is 9.00 Å². The largest absolute Gasteiger partial charge is 0.442 e. The Morgan fingerprint density at radius 1 is 1.47 bits per heavy atom. The molecule has 0 radical (unpaired) electrons. The number of aryl methyl sites for hydroxylation is 1. The van der Waals surface area contributed by atoms with Crippen molar-refractivity contribution in [3.8, 4) is 0 Å². The Balaban J connectivity index is 1.85. The van der Waals surface area contributed by atoms with Crippen molar-refractivity contribution >= 4 is 17.2 Å². The molecule has 1 saturated heterocycles. The maximum Gasteiger partial charge on any atom is 0.407 e. The predicted molar refractivity (Wildman–Crippen MR) is 61.8 cm³/mol. The van der Waals surface area contributed by atoms with Gasteiger partial charge in [0.15, 0.2) is 11.1 Å². The Morgan fingerprint density at radius 3 is 2.76 bits per heavy atom. The standard InChI is InChI=1S/C11H13NO4S/c1-8-2-4-10(5-3-8)17(14)15-7-9-6-12-11(13)16-9/h2-5,9H,6-7H2,1H3,(H,12,13). The van der Waals surface area contributed by atoms with Crippen LogP contribution in [0.3, 0.4) is 0 Å². The maximum atomic E-state index is 11.7. The minimum atomic E-state index is -1.52. The fraction of sp³-hybridized carbons (Fsp3) is 0.364. The summed E-state index contributed by atoms with van der Waals surface area (Å²) in [7, 11) is 0. The van der Waals surface area contributed by atoms with Crippen molar-refractivity contribution in [1.82, 2.24) is 5.32 Å². The summed E-state index contributed by atoms with van der Waals surface area (Å²) in [6.45, 7) is 2.47. The van der Waals surface area contributed by atoms with Crippen LogP contribution in [0.25, 0.3) is 0 Å². The minimum Gasteiger partial charge on any atom is -0.442 e. The highest BCUT2D eigenvalue weighted by Gasteiger charge is 2.23. The average Bonchev–Trinajstić information content (AvgIpc) is 2.73. The molecule has 6 heteroatoms. The Bertz CT molecular complexity index is 432. The zero-order valence-corrected chi connectivity index (χ0v) is 10.2. The van der Waals surface area contributed by atoms with E-state index in [2.05, 4.69) is 5.32 Å². The van der Waals surface area contributed by atoms with E-state index in [9.17, 15) is 9.00 Å². The number of hydrogen-bond acceptors (Lipinski definition) is 4. The number of carbonyl (C=O) groups excluding carboxylic acids is 1. The van der Waals surface area contributed by atoms with Crippen molar-refractivity contribution in [1.29, 1.82) is 0 Å². The summed E-state index contributed by atoms with van der Waals surface area (Å²) in [6.07, 6.45) is -0.823. The van der Waals surface area contributed by atoms with E-state index in [-0.39, 0.29) is 12.7 Å². The molecule has 1 heterocycles. The van der Waals surface area contributed by atoms with Crippen LogP contribution in [-0.2, 0) is 20.0 Å². The fourth-order valence-corrected chi connectivity index (χ4v) is 2.15. The molecule has 1 aliphatic rings. The van der Waals surface area contributed by atoms with Crippen molar-refractivity contribution in [3.63, 3.8) is 0 Å². The summed E-state index contributed by atoms with van der Waals surface area (Å²) in [5.74, 6) is 0. The van der Waals surface area contributed by atoms with E-state index in [0.29, 0.717) is 11.4 Å². The van der Waals surface area contributed by atoms with Crippen LogP contribution in [0, 0.1) is 6.92 Å². The Hall–Kier alpha value is -1.40. The van der Waals surface area contributed by atoms with Crippen LogP contribution < -0.4 is 5.32 Å². The molecule has 1 fully saturated rings. The molecular formula is C11H13NO4S. The van der Waals surface area contributed by atoms with Crippen LogP contribution in [0.4, 0.5) is 4.79 Å². The lowest BCUT2D eigenvalue weighted by molar-refractivity contribution is 0.109. The summed E-state index contributed by atoms with van der Waals surface area (Å²) in [6, 6.07) is 7.25. The second-order valence-electron chi connectivity index (χ2n) is 3.74. The van der Waals surface area contributed by atoms with E-state index in [1.807, 2.05) is 19.1 Å². The van der Waals surface area contributed by atoms with Gasteiger partial charge in [0.25, 0.3) is 0 Å². The zero-order valence-electron chi connectivity index (χ0n) is 9.34. The van der Waals surface area contributed by atoms with E-state index < -0.39 is 17.2 Å². The van der Waals surface area contributed by atoms with Crippen molar-refractivity contribution in [2.24, 2.45) is 0 Å². The number of hydrogen-bond donors (Lipinski definition) is 1. The second-order valence-corrected chi connectivity index (χ2v) is 4.92. The van der Waals surface area contributed by atoms with Crippen molar-refractivity contribution in [2.45, 2.75) is 17.9 Å². The normalized spacial score (nSPS) is 20.8. The number of cyclic esters (lactones) is 1. The molecule has 1 N–H and O–H groups in total. The number of rotatable bonds is 4. The third kappa shape index (κ3) is 3.28. The first kappa shape index (κ1) is 12.1. The molecule has 2 rings (SSSR count). The Morgan fingerprint density at radius 2 is 2.18 bits per heavy atom. The van der Waals surface area contributed by atoms with Crippen LogP contribution in [0.1, 0.15) is 5.56 Å². The minimum absolute atomic E-state index is 0.124. The maximum absolute atomic E-state index is 11.7. The van der Waals surface area contributed by atoms with Crippen molar-refractivity contribution in [3.05, 3.63) is 29.8 Å². The molecule has 1 aliphatic heterocycles. The number of carbonyl (C=O) groups is 1. The highest BCUT2D eigenvalue weighted by Crippen LogP contribution is 2.10. The highest BCUT2D eigenvalue weighted by atomic mass is 32.2. The summed E-state index contributed by atoms with van der Waals surface area (Å²) < 4.78 is 21.7. The molecule has 2 unspecified atom stereocenters. The lowest BCUT2D eigenvalue weighted by atomic mass is 10.2. The molecule has 17 heavy (non-hydrogen) atoms. The van der Waals surface area contributed by atoms with Gasteiger partial charge in [0, 0.05) is 0 Å². The number of amides is 1. The molecule has 5 nitrogen and oxygen atoms in total.